The second-order valence-corrected chi connectivity index (χ2v) is 6.92. The molecular weight excluding hydrogens is 290 g/mol. The Labute approximate surface area is 138 Å². The topological polar surface area (TPSA) is 49.8 Å². The number of aliphatic hydroxyl groups is 1. The van der Waals surface area contributed by atoms with E-state index >= 15 is 0 Å². The first kappa shape index (κ1) is 17.5. The van der Waals surface area contributed by atoms with Gasteiger partial charge in [0.15, 0.2) is 0 Å². The summed E-state index contributed by atoms with van der Waals surface area (Å²) < 4.78 is 5.66. The zero-order valence-electron chi connectivity index (χ0n) is 14.5. The summed E-state index contributed by atoms with van der Waals surface area (Å²) in [7, 11) is 0. The Morgan fingerprint density at radius 1 is 1.43 bits per heavy atom. The second kappa shape index (κ2) is 7.18. The molecule has 126 valence electrons. The highest BCUT2D eigenvalue weighted by Gasteiger charge is 2.37. The third-order valence-electron chi connectivity index (χ3n) is 4.00. The number of carbonyl (C=O) groups is 1. The van der Waals surface area contributed by atoms with E-state index in [0.717, 1.165) is 24.2 Å². The van der Waals surface area contributed by atoms with Crippen molar-refractivity contribution in [3.63, 3.8) is 0 Å². The van der Waals surface area contributed by atoms with Crippen LogP contribution in [-0.4, -0.2) is 40.2 Å². The maximum Gasteiger partial charge on any atom is 0.246 e. The van der Waals surface area contributed by atoms with Crippen molar-refractivity contribution in [2.75, 3.05) is 6.54 Å². The number of amides is 1. The Morgan fingerprint density at radius 2 is 2.17 bits per heavy atom. The molecule has 4 heteroatoms. The molecule has 0 aliphatic carbocycles. The van der Waals surface area contributed by atoms with Gasteiger partial charge in [-0.3, -0.25) is 4.79 Å². The van der Waals surface area contributed by atoms with Crippen molar-refractivity contribution in [1.82, 2.24) is 4.90 Å². The van der Waals surface area contributed by atoms with Crippen LogP contribution in [-0.2, 0) is 4.79 Å². The van der Waals surface area contributed by atoms with E-state index < -0.39 is 5.60 Å². The molecule has 0 saturated carbocycles. The summed E-state index contributed by atoms with van der Waals surface area (Å²) in [6, 6.07) is 7.56. The monoisotopic (exact) mass is 317 g/mol. The SMILES string of the molecule is CC(C)Oc1cccc(/C=C/C(=O)N2CCCC2C(C)(C)O)c1. The van der Waals surface area contributed by atoms with E-state index in [-0.39, 0.29) is 18.1 Å². The first-order chi connectivity index (χ1) is 10.8. The van der Waals surface area contributed by atoms with Crippen LogP contribution in [0.3, 0.4) is 0 Å². The molecule has 1 fully saturated rings. The molecule has 2 rings (SSSR count). The smallest absolute Gasteiger partial charge is 0.246 e. The van der Waals surface area contributed by atoms with Gasteiger partial charge in [-0.2, -0.15) is 0 Å². The van der Waals surface area contributed by atoms with E-state index in [4.69, 9.17) is 4.74 Å². The molecule has 0 aromatic heterocycles. The van der Waals surface area contributed by atoms with Crippen molar-refractivity contribution in [1.29, 1.82) is 0 Å². The van der Waals surface area contributed by atoms with Gasteiger partial charge in [0.1, 0.15) is 5.75 Å². The molecule has 0 bridgehead atoms. The van der Waals surface area contributed by atoms with Gasteiger partial charge in [-0.1, -0.05) is 12.1 Å². The summed E-state index contributed by atoms with van der Waals surface area (Å²) in [5.41, 5.74) is 0.0564. The number of rotatable bonds is 5. The van der Waals surface area contributed by atoms with Crippen LogP contribution in [0.25, 0.3) is 6.08 Å². The van der Waals surface area contributed by atoms with Crippen LogP contribution in [0, 0.1) is 0 Å². The lowest BCUT2D eigenvalue weighted by molar-refractivity contribution is -0.131. The molecule has 0 spiro atoms. The molecule has 1 aromatic rings. The largest absolute Gasteiger partial charge is 0.491 e. The molecule has 1 unspecified atom stereocenters. The molecule has 4 nitrogen and oxygen atoms in total. The molecule has 1 aliphatic heterocycles. The number of carbonyl (C=O) groups excluding carboxylic acids is 1. The zero-order chi connectivity index (χ0) is 17.0. The van der Waals surface area contributed by atoms with Crippen molar-refractivity contribution in [3.05, 3.63) is 35.9 Å². The summed E-state index contributed by atoms with van der Waals surface area (Å²) in [5, 5.41) is 10.2. The number of ether oxygens (including phenoxy) is 1. The van der Waals surface area contributed by atoms with Crippen LogP contribution in [0.1, 0.15) is 46.1 Å². The minimum Gasteiger partial charge on any atom is -0.491 e. The van der Waals surface area contributed by atoms with Gasteiger partial charge in [0.05, 0.1) is 17.7 Å². The summed E-state index contributed by atoms with van der Waals surface area (Å²) in [6.45, 7) is 8.19. The minimum absolute atomic E-state index is 0.0511. The van der Waals surface area contributed by atoms with E-state index in [9.17, 15) is 9.90 Å². The first-order valence-corrected chi connectivity index (χ1v) is 8.25. The van der Waals surface area contributed by atoms with Crippen molar-refractivity contribution in [2.45, 2.75) is 58.3 Å². The highest BCUT2D eigenvalue weighted by molar-refractivity contribution is 5.92. The fourth-order valence-electron chi connectivity index (χ4n) is 2.99. The Bertz CT molecular complexity index is 572. The number of hydrogen-bond donors (Lipinski definition) is 1. The summed E-state index contributed by atoms with van der Waals surface area (Å²) >= 11 is 0. The maximum atomic E-state index is 12.4. The van der Waals surface area contributed by atoms with Crippen LogP contribution in [0.2, 0.25) is 0 Å². The van der Waals surface area contributed by atoms with Gasteiger partial charge >= 0.3 is 0 Å². The van der Waals surface area contributed by atoms with E-state index in [1.165, 1.54) is 0 Å². The van der Waals surface area contributed by atoms with Gasteiger partial charge < -0.3 is 14.7 Å². The zero-order valence-corrected chi connectivity index (χ0v) is 14.5. The third kappa shape index (κ3) is 4.83. The maximum absolute atomic E-state index is 12.4. The average Bonchev–Trinajstić information content (AvgIpc) is 2.94. The quantitative estimate of drug-likeness (QED) is 0.848. The van der Waals surface area contributed by atoms with Crippen LogP contribution in [0.4, 0.5) is 0 Å². The van der Waals surface area contributed by atoms with Crippen molar-refractivity contribution < 1.29 is 14.6 Å². The van der Waals surface area contributed by atoms with Crippen LogP contribution in [0.15, 0.2) is 30.3 Å². The van der Waals surface area contributed by atoms with Gasteiger partial charge in [-0.25, -0.2) is 0 Å². The van der Waals surface area contributed by atoms with Gasteiger partial charge in [-0.05, 0) is 64.3 Å². The van der Waals surface area contributed by atoms with Crippen LogP contribution >= 0.6 is 0 Å². The Morgan fingerprint density at radius 3 is 2.83 bits per heavy atom. The lowest BCUT2D eigenvalue weighted by atomic mass is 9.96. The van der Waals surface area contributed by atoms with Crippen molar-refractivity contribution >= 4 is 12.0 Å². The third-order valence-corrected chi connectivity index (χ3v) is 4.00. The fraction of sp³-hybridized carbons (Fsp3) is 0.526. The van der Waals surface area contributed by atoms with E-state index in [0.29, 0.717) is 6.54 Å². The lowest BCUT2D eigenvalue weighted by Crippen LogP contribution is -2.47. The molecular formula is C19H27NO3. The number of benzene rings is 1. The summed E-state index contributed by atoms with van der Waals surface area (Å²) in [6.07, 6.45) is 5.29. The molecule has 1 aromatic carbocycles. The molecule has 1 amide bonds. The standard InChI is InChI=1S/C19H27NO3/c1-14(2)23-16-8-5-7-15(13-16)10-11-18(21)20-12-6-9-17(20)19(3,4)22/h5,7-8,10-11,13-14,17,22H,6,9,12H2,1-4H3/b11-10+. The predicted octanol–water partition coefficient (Wildman–Crippen LogP) is 3.25. The van der Waals surface area contributed by atoms with Crippen LogP contribution < -0.4 is 4.74 Å². The number of hydrogen-bond acceptors (Lipinski definition) is 3. The van der Waals surface area contributed by atoms with Gasteiger partial charge in [-0.15, -0.1) is 0 Å². The number of nitrogens with zero attached hydrogens (tertiary/aromatic N) is 1. The lowest BCUT2D eigenvalue weighted by Gasteiger charge is -2.33. The molecule has 23 heavy (non-hydrogen) atoms. The van der Waals surface area contributed by atoms with Gasteiger partial charge in [0.25, 0.3) is 0 Å². The highest BCUT2D eigenvalue weighted by atomic mass is 16.5. The average molecular weight is 317 g/mol. The Kier molecular flexibility index (Phi) is 5.47. The van der Waals surface area contributed by atoms with Crippen molar-refractivity contribution in [3.8, 4) is 5.75 Å². The second-order valence-electron chi connectivity index (χ2n) is 6.92. The first-order valence-electron chi connectivity index (χ1n) is 8.25. The minimum atomic E-state index is -0.870. The summed E-state index contributed by atoms with van der Waals surface area (Å²) in [4.78, 5) is 14.2. The summed E-state index contributed by atoms with van der Waals surface area (Å²) in [5.74, 6) is 0.745. The molecule has 1 atom stereocenters. The van der Waals surface area contributed by atoms with Gasteiger partial charge in [0.2, 0.25) is 5.91 Å². The molecule has 1 heterocycles. The van der Waals surface area contributed by atoms with Gasteiger partial charge in [0, 0.05) is 12.6 Å². The molecule has 1 saturated heterocycles. The van der Waals surface area contributed by atoms with E-state index in [1.807, 2.05) is 38.1 Å². The predicted molar refractivity (Wildman–Crippen MR) is 92.3 cm³/mol. The van der Waals surface area contributed by atoms with E-state index in [1.54, 1.807) is 30.9 Å². The van der Waals surface area contributed by atoms with E-state index in [2.05, 4.69) is 0 Å². The highest BCUT2D eigenvalue weighted by Crippen LogP contribution is 2.27. The van der Waals surface area contributed by atoms with Crippen LogP contribution in [0.5, 0.6) is 5.75 Å². The molecule has 0 radical (unpaired) electrons. The normalized spacial score (nSPS) is 18.9. The molecule has 1 aliphatic rings. The Hall–Kier alpha value is -1.81. The Balaban J connectivity index is 2.06. The van der Waals surface area contributed by atoms with Crippen molar-refractivity contribution in [2.24, 2.45) is 0 Å². The fourth-order valence-corrected chi connectivity index (χ4v) is 2.99. The number of likely N-dealkylation sites (tertiary alicyclic amines) is 1. The molecule has 1 N–H and O–H groups in total.